The summed E-state index contributed by atoms with van der Waals surface area (Å²) in [5.74, 6) is 0.709. The molecule has 3 heterocycles. The van der Waals surface area contributed by atoms with Crippen molar-refractivity contribution >= 4 is 11.7 Å². The molecule has 1 saturated heterocycles. The Labute approximate surface area is 135 Å². The first-order valence-electron chi connectivity index (χ1n) is 8.18. The Hall–Kier alpha value is -2.37. The van der Waals surface area contributed by atoms with E-state index in [1.54, 1.807) is 13.2 Å². The molecule has 1 unspecified atom stereocenters. The van der Waals surface area contributed by atoms with Crippen molar-refractivity contribution in [2.45, 2.75) is 31.1 Å². The number of likely N-dealkylation sites (tertiary alicyclic amines) is 1. The first-order valence-corrected chi connectivity index (χ1v) is 8.18. The third-order valence-corrected chi connectivity index (χ3v) is 5.26. The van der Waals surface area contributed by atoms with Crippen LogP contribution in [0.4, 0.5) is 5.82 Å². The van der Waals surface area contributed by atoms with E-state index < -0.39 is 0 Å². The molecule has 6 heteroatoms. The summed E-state index contributed by atoms with van der Waals surface area (Å²) >= 11 is 0. The van der Waals surface area contributed by atoms with E-state index >= 15 is 0 Å². The Morgan fingerprint density at radius 2 is 2.35 bits per heavy atom. The van der Waals surface area contributed by atoms with Gasteiger partial charge in [0.15, 0.2) is 0 Å². The van der Waals surface area contributed by atoms with Crippen LogP contribution in [0.15, 0.2) is 24.5 Å². The number of aromatic nitrogens is 3. The van der Waals surface area contributed by atoms with Crippen LogP contribution in [-0.4, -0.2) is 46.1 Å². The second-order valence-electron chi connectivity index (χ2n) is 6.53. The van der Waals surface area contributed by atoms with Crippen molar-refractivity contribution in [2.75, 3.05) is 25.5 Å². The van der Waals surface area contributed by atoms with Gasteiger partial charge in [-0.2, -0.15) is 5.10 Å². The summed E-state index contributed by atoms with van der Waals surface area (Å²) in [5.41, 5.74) is 3.27. The van der Waals surface area contributed by atoms with Gasteiger partial charge < -0.3 is 10.2 Å². The maximum Gasteiger partial charge on any atom is 0.257 e. The fraction of sp³-hybridized carbons (Fsp3) is 0.471. The van der Waals surface area contributed by atoms with Gasteiger partial charge in [-0.25, -0.2) is 4.98 Å². The number of amides is 1. The quantitative estimate of drug-likeness (QED) is 0.889. The normalized spacial score (nSPS) is 23.1. The van der Waals surface area contributed by atoms with Crippen molar-refractivity contribution in [2.24, 2.45) is 0 Å². The summed E-state index contributed by atoms with van der Waals surface area (Å²) in [6.45, 7) is 1.57. The third kappa shape index (κ3) is 2.20. The lowest BCUT2D eigenvalue weighted by molar-refractivity contribution is 0.0633. The number of nitrogens with zero attached hydrogens (tertiary/aromatic N) is 3. The monoisotopic (exact) mass is 311 g/mol. The molecule has 0 radical (unpaired) electrons. The minimum atomic E-state index is 0.0573. The van der Waals surface area contributed by atoms with Crippen LogP contribution in [0.1, 0.15) is 40.9 Å². The number of anilines is 1. The maximum atomic E-state index is 13.0. The van der Waals surface area contributed by atoms with Crippen molar-refractivity contribution < 1.29 is 4.79 Å². The van der Waals surface area contributed by atoms with Gasteiger partial charge in [-0.15, -0.1) is 0 Å². The van der Waals surface area contributed by atoms with Gasteiger partial charge in [0.05, 0.1) is 11.8 Å². The average molecular weight is 311 g/mol. The molecule has 2 aromatic rings. The van der Waals surface area contributed by atoms with Crippen LogP contribution < -0.4 is 5.32 Å². The molecule has 0 bridgehead atoms. The topological polar surface area (TPSA) is 73.9 Å². The fourth-order valence-electron chi connectivity index (χ4n) is 4.12. The van der Waals surface area contributed by atoms with Crippen LogP contribution in [0, 0.1) is 0 Å². The summed E-state index contributed by atoms with van der Waals surface area (Å²) in [4.78, 5) is 19.2. The predicted molar refractivity (Wildman–Crippen MR) is 87.5 cm³/mol. The Morgan fingerprint density at radius 1 is 1.43 bits per heavy atom. The van der Waals surface area contributed by atoms with Gasteiger partial charge in [0.25, 0.3) is 5.91 Å². The lowest BCUT2D eigenvalue weighted by atomic mass is 9.77. The number of nitrogens with one attached hydrogen (secondary N) is 2. The minimum Gasteiger partial charge on any atom is -0.372 e. The van der Waals surface area contributed by atoms with E-state index in [1.807, 2.05) is 23.2 Å². The Balaban J connectivity index is 1.62. The minimum absolute atomic E-state index is 0.0573. The molecule has 1 fully saturated rings. The average Bonchev–Trinajstić information content (AvgIpc) is 3.19. The number of aryl methyl sites for hydroxylation is 1. The van der Waals surface area contributed by atoms with Gasteiger partial charge in [-0.1, -0.05) is 0 Å². The standard InChI is InChI=1S/C17H21N5O/c1-18-15-13(4-2-8-19-15)16(23)22-9-3-6-17(11-22)7-5-12-10-20-21-14(12)17/h2,4,8,10H,3,5-7,9,11H2,1H3,(H,18,19)(H,20,21). The molecular formula is C17H21N5O. The SMILES string of the molecule is CNc1ncccc1C(=O)N1CCCC2(CCc3cn[nH]c32)C1. The number of piperidine rings is 1. The van der Waals surface area contributed by atoms with Crippen molar-refractivity contribution in [1.82, 2.24) is 20.1 Å². The van der Waals surface area contributed by atoms with Gasteiger partial charge in [-0.3, -0.25) is 9.89 Å². The van der Waals surface area contributed by atoms with Crippen LogP contribution in [0.3, 0.4) is 0 Å². The van der Waals surface area contributed by atoms with Gasteiger partial charge in [0, 0.05) is 37.4 Å². The van der Waals surface area contributed by atoms with Crippen LogP contribution in [0.2, 0.25) is 0 Å². The van der Waals surface area contributed by atoms with Crippen molar-refractivity contribution in [3.05, 3.63) is 41.3 Å². The maximum absolute atomic E-state index is 13.0. The third-order valence-electron chi connectivity index (χ3n) is 5.26. The summed E-state index contributed by atoms with van der Waals surface area (Å²) in [7, 11) is 1.80. The van der Waals surface area contributed by atoms with Gasteiger partial charge >= 0.3 is 0 Å². The van der Waals surface area contributed by atoms with Crippen molar-refractivity contribution in [3.8, 4) is 0 Å². The molecule has 6 nitrogen and oxygen atoms in total. The molecule has 1 aliphatic carbocycles. The van der Waals surface area contributed by atoms with Gasteiger partial charge in [-0.05, 0) is 43.4 Å². The molecule has 120 valence electrons. The molecule has 1 aliphatic heterocycles. The number of carbonyl (C=O) groups excluding carboxylic acids is 1. The summed E-state index contributed by atoms with van der Waals surface area (Å²) in [5, 5.41) is 10.4. The number of pyridine rings is 1. The molecular weight excluding hydrogens is 290 g/mol. The molecule has 0 saturated carbocycles. The Morgan fingerprint density at radius 3 is 3.22 bits per heavy atom. The molecule has 2 N–H and O–H groups in total. The number of hydrogen-bond donors (Lipinski definition) is 2. The number of fused-ring (bicyclic) bond motifs is 2. The fourth-order valence-corrected chi connectivity index (χ4v) is 4.12. The molecule has 1 atom stereocenters. The molecule has 0 aromatic carbocycles. The van der Waals surface area contributed by atoms with Crippen LogP contribution >= 0.6 is 0 Å². The molecule has 2 aromatic heterocycles. The second kappa shape index (κ2) is 5.37. The lowest BCUT2D eigenvalue weighted by Gasteiger charge is -2.40. The number of H-pyrrole nitrogens is 1. The molecule has 23 heavy (non-hydrogen) atoms. The zero-order valence-electron chi connectivity index (χ0n) is 13.3. The molecule has 1 spiro atoms. The highest BCUT2D eigenvalue weighted by molar-refractivity contribution is 5.98. The number of rotatable bonds is 2. The summed E-state index contributed by atoms with van der Waals surface area (Å²) in [6, 6.07) is 3.66. The van der Waals surface area contributed by atoms with E-state index in [0.717, 1.165) is 38.8 Å². The summed E-state index contributed by atoms with van der Waals surface area (Å²) in [6.07, 6.45) is 7.95. The van der Waals surface area contributed by atoms with E-state index in [1.165, 1.54) is 11.3 Å². The predicted octanol–water partition coefficient (Wildman–Crippen LogP) is 1.97. The molecule has 4 rings (SSSR count). The number of carbonyl (C=O) groups is 1. The second-order valence-corrected chi connectivity index (χ2v) is 6.53. The largest absolute Gasteiger partial charge is 0.372 e. The zero-order chi connectivity index (χ0) is 15.9. The first kappa shape index (κ1) is 14.2. The molecule has 1 amide bonds. The van der Waals surface area contributed by atoms with E-state index in [4.69, 9.17) is 0 Å². The first-order chi connectivity index (χ1) is 11.2. The van der Waals surface area contributed by atoms with Gasteiger partial charge in [0.2, 0.25) is 0 Å². The molecule has 2 aliphatic rings. The van der Waals surface area contributed by atoms with Crippen molar-refractivity contribution in [1.29, 1.82) is 0 Å². The van der Waals surface area contributed by atoms with E-state index in [0.29, 0.717) is 11.4 Å². The van der Waals surface area contributed by atoms with Crippen LogP contribution in [0.5, 0.6) is 0 Å². The number of hydrogen-bond acceptors (Lipinski definition) is 4. The van der Waals surface area contributed by atoms with E-state index in [9.17, 15) is 4.79 Å². The Bertz CT molecular complexity index is 740. The van der Waals surface area contributed by atoms with Crippen LogP contribution in [-0.2, 0) is 11.8 Å². The van der Waals surface area contributed by atoms with Crippen LogP contribution in [0.25, 0.3) is 0 Å². The highest BCUT2D eigenvalue weighted by Crippen LogP contribution is 2.44. The van der Waals surface area contributed by atoms with Crippen molar-refractivity contribution in [3.63, 3.8) is 0 Å². The highest BCUT2D eigenvalue weighted by atomic mass is 16.2. The number of aromatic amines is 1. The highest BCUT2D eigenvalue weighted by Gasteiger charge is 2.44. The Kier molecular flexibility index (Phi) is 3.32. The summed E-state index contributed by atoms with van der Waals surface area (Å²) < 4.78 is 0. The van der Waals surface area contributed by atoms with E-state index in [2.05, 4.69) is 20.5 Å². The lowest BCUT2D eigenvalue weighted by Crippen LogP contribution is -2.48. The van der Waals surface area contributed by atoms with E-state index in [-0.39, 0.29) is 11.3 Å². The smallest absolute Gasteiger partial charge is 0.257 e. The van der Waals surface area contributed by atoms with Gasteiger partial charge in [0.1, 0.15) is 5.82 Å². The zero-order valence-corrected chi connectivity index (χ0v) is 13.3.